The minimum atomic E-state index is -0.175. The summed E-state index contributed by atoms with van der Waals surface area (Å²) < 4.78 is 5.74. The highest BCUT2D eigenvalue weighted by Crippen LogP contribution is 2.23. The summed E-state index contributed by atoms with van der Waals surface area (Å²) in [6.07, 6.45) is 6.82. The number of aromatic nitrogens is 1. The van der Waals surface area contributed by atoms with Crippen LogP contribution in [0.15, 0.2) is 79.1 Å². The number of nitrogens with one attached hydrogen (secondary N) is 1. The molecule has 0 aliphatic rings. The van der Waals surface area contributed by atoms with Crippen LogP contribution in [0.5, 0.6) is 5.75 Å². The Balaban J connectivity index is 1.56. The standard InChI is InChI=1S/C23H23N3O2/c1-26(2)22-8-4-3-7-21(22)25-23(27)14-11-18-9-12-20(13-10-18)28-17-19-6-5-15-24-16-19/h3-16H,17H2,1-2H3,(H,25,27)/b14-11+. The predicted octanol–water partition coefficient (Wildman–Crippen LogP) is 4.38. The summed E-state index contributed by atoms with van der Waals surface area (Å²) >= 11 is 0. The smallest absolute Gasteiger partial charge is 0.248 e. The number of carbonyl (C=O) groups is 1. The van der Waals surface area contributed by atoms with Crippen molar-refractivity contribution < 1.29 is 9.53 Å². The molecule has 5 heteroatoms. The van der Waals surface area contributed by atoms with Crippen LogP contribution in [-0.2, 0) is 11.4 Å². The van der Waals surface area contributed by atoms with Gasteiger partial charge in [-0.3, -0.25) is 9.78 Å². The lowest BCUT2D eigenvalue weighted by atomic mass is 10.2. The van der Waals surface area contributed by atoms with Crippen molar-refractivity contribution >= 4 is 23.4 Å². The summed E-state index contributed by atoms with van der Waals surface area (Å²) in [5.41, 5.74) is 3.67. The van der Waals surface area contributed by atoms with Crippen molar-refractivity contribution in [3.63, 3.8) is 0 Å². The molecule has 1 amide bonds. The maximum atomic E-state index is 12.2. The Bertz CT molecular complexity index is 936. The molecule has 1 heterocycles. The Morgan fingerprint density at radius 3 is 2.57 bits per heavy atom. The third-order valence-corrected chi connectivity index (χ3v) is 4.08. The van der Waals surface area contributed by atoms with E-state index >= 15 is 0 Å². The van der Waals surface area contributed by atoms with Crippen LogP contribution < -0.4 is 15.0 Å². The average Bonchev–Trinajstić information content (AvgIpc) is 2.72. The summed E-state index contributed by atoms with van der Waals surface area (Å²) in [7, 11) is 3.89. The highest BCUT2D eigenvalue weighted by Gasteiger charge is 2.05. The minimum Gasteiger partial charge on any atom is -0.489 e. The van der Waals surface area contributed by atoms with Gasteiger partial charge in [0.15, 0.2) is 0 Å². The summed E-state index contributed by atoms with van der Waals surface area (Å²) in [6.45, 7) is 0.469. The molecule has 0 radical (unpaired) electrons. The molecule has 1 aromatic heterocycles. The van der Waals surface area contributed by atoms with E-state index in [2.05, 4.69) is 10.3 Å². The van der Waals surface area contributed by atoms with Gasteiger partial charge in [0.2, 0.25) is 5.91 Å². The van der Waals surface area contributed by atoms with Crippen LogP contribution in [0.25, 0.3) is 6.08 Å². The van der Waals surface area contributed by atoms with Crippen LogP contribution in [0.4, 0.5) is 11.4 Å². The molecular formula is C23H23N3O2. The molecular weight excluding hydrogens is 350 g/mol. The van der Waals surface area contributed by atoms with Gasteiger partial charge in [-0.1, -0.05) is 30.3 Å². The summed E-state index contributed by atoms with van der Waals surface area (Å²) in [5.74, 6) is 0.594. The zero-order chi connectivity index (χ0) is 19.8. The molecule has 5 nitrogen and oxygen atoms in total. The SMILES string of the molecule is CN(C)c1ccccc1NC(=O)/C=C/c1ccc(OCc2cccnc2)cc1. The topological polar surface area (TPSA) is 54.5 Å². The molecule has 2 aromatic carbocycles. The van der Waals surface area contributed by atoms with Gasteiger partial charge < -0.3 is 15.0 Å². The molecule has 0 atom stereocenters. The maximum absolute atomic E-state index is 12.2. The van der Waals surface area contributed by atoms with Crippen molar-refractivity contribution in [2.24, 2.45) is 0 Å². The third kappa shape index (κ3) is 5.45. The quantitative estimate of drug-likeness (QED) is 0.625. The number of rotatable bonds is 7. The number of pyridine rings is 1. The first kappa shape index (κ1) is 19.2. The van der Waals surface area contributed by atoms with Crippen LogP contribution in [0.1, 0.15) is 11.1 Å². The maximum Gasteiger partial charge on any atom is 0.248 e. The molecule has 0 saturated heterocycles. The van der Waals surface area contributed by atoms with Crippen molar-refractivity contribution in [1.82, 2.24) is 4.98 Å². The highest BCUT2D eigenvalue weighted by atomic mass is 16.5. The lowest BCUT2D eigenvalue weighted by Crippen LogP contribution is -2.14. The van der Waals surface area contributed by atoms with Crippen LogP contribution in [0.2, 0.25) is 0 Å². The van der Waals surface area contributed by atoms with Gasteiger partial charge in [-0.05, 0) is 42.0 Å². The normalized spacial score (nSPS) is 10.6. The van der Waals surface area contributed by atoms with E-state index < -0.39 is 0 Å². The van der Waals surface area contributed by atoms with E-state index in [0.29, 0.717) is 6.61 Å². The number of hydrogen-bond donors (Lipinski definition) is 1. The molecule has 0 fully saturated rings. The van der Waals surface area contributed by atoms with Gasteiger partial charge in [0.05, 0.1) is 11.4 Å². The zero-order valence-corrected chi connectivity index (χ0v) is 16.0. The Labute approximate surface area is 165 Å². The fourth-order valence-electron chi connectivity index (χ4n) is 2.64. The lowest BCUT2D eigenvalue weighted by molar-refractivity contribution is -0.111. The Hall–Kier alpha value is -3.60. The van der Waals surface area contributed by atoms with E-state index in [-0.39, 0.29) is 5.91 Å². The third-order valence-electron chi connectivity index (χ3n) is 4.08. The fraction of sp³-hybridized carbons (Fsp3) is 0.130. The first-order valence-corrected chi connectivity index (χ1v) is 8.99. The molecule has 0 spiro atoms. The Morgan fingerprint density at radius 1 is 1.07 bits per heavy atom. The second kappa shape index (κ2) is 9.37. The first-order valence-electron chi connectivity index (χ1n) is 8.99. The van der Waals surface area contributed by atoms with Crippen molar-refractivity contribution in [1.29, 1.82) is 0 Å². The zero-order valence-electron chi connectivity index (χ0n) is 16.0. The van der Waals surface area contributed by atoms with E-state index in [1.54, 1.807) is 18.5 Å². The molecule has 1 N–H and O–H groups in total. The van der Waals surface area contributed by atoms with Gasteiger partial charge in [-0.2, -0.15) is 0 Å². The predicted molar refractivity (Wildman–Crippen MR) is 113 cm³/mol. The molecule has 28 heavy (non-hydrogen) atoms. The van der Waals surface area contributed by atoms with Crippen molar-refractivity contribution in [3.8, 4) is 5.75 Å². The molecule has 0 aliphatic carbocycles. The Kier molecular flexibility index (Phi) is 6.41. The fourth-order valence-corrected chi connectivity index (χ4v) is 2.64. The molecule has 3 aromatic rings. The van der Waals surface area contributed by atoms with Gasteiger partial charge in [-0.15, -0.1) is 0 Å². The number of hydrogen-bond acceptors (Lipinski definition) is 4. The summed E-state index contributed by atoms with van der Waals surface area (Å²) in [4.78, 5) is 18.3. The monoisotopic (exact) mass is 373 g/mol. The molecule has 0 bridgehead atoms. The molecule has 3 rings (SSSR count). The highest BCUT2D eigenvalue weighted by molar-refractivity contribution is 6.03. The van der Waals surface area contributed by atoms with Crippen LogP contribution >= 0.6 is 0 Å². The largest absolute Gasteiger partial charge is 0.489 e. The van der Waals surface area contributed by atoms with E-state index in [1.165, 1.54) is 6.08 Å². The number of para-hydroxylation sites is 2. The first-order chi connectivity index (χ1) is 13.6. The van der Waals surface area contributed by atoms with Gasteiger partial charge in [-0.25, -0.2) is 0 Å². The van der Waals surface area contributed by atoms with Crippen LogP contribution in [-0.4, -0.2) is 25.0 Å². The molecule has 142 valence electrons. The molecule has 0 saturated carbocycles. The van der Waals surface area contributed by atoms with Crippen molar-refractivity contribution in [3.05, 3.63) is 90.3 Å². The van der Waals surface area contributed by atoms with Crippen LogP contribution in [0, 0.1) is 0 Å². The number of ether oxygens (including phenoxy) is 1. The Morgan fingerprint density at radius 2 is 1.86 bits per heavy atom. The average molecular weight is 373 g/mol. The number of nitrogens with zero attached hydrogens (tertiary/aromatic N) is 2. The van der Waals surface area contributed by atoms with Gasteiger partial charge in [0.1, 0.15) is 12.4 Å². The van der Waals surface area contributed by atoms with E-state index in [4.69, 9.17) is 4.74 Å². The molecule has 0 aliphatic heterocycles. The lowest BCUT2D eigenvalue weighted by Gasteiger charge is -2.17. The number of amides is 1. The number of anilines is 2. The summed E-state index contributed by atoms with van der Waals surface area (Å²) in [5, 5.41) is 2.91. The van der Waals surface area contributed by atoms with Gasteiger partial charge in [0.25, 0.3) is 0 Å². The van der Waals surface area contributed by atoms with Gasteiger partial charge in [0, 0.05) is 38.1 Å². The van der Waals surface area contributed by atoms with Crippen LogP contribution in [0.3, 0.4) is 0 Å². The number of benzene rings is 2. The van der Waals surface area contributed by atoms with E-state index in [1.807, 2.05) is 79.7 Å². The molecule has 0 unspecified atom stereocenters. The second-order valence-corrected chi connectivity index (χ2v) is 6.45. The van der Waals surface area contributed by atoms with Crippen molar-refractivity contribution in [2.75, 3.05) is 24.3 Å². The minimum absolute atomic E-state index is 0.175. The van der Waals surface area contributed by atoms with E-state index in [9.17, 15) is 4.79 Å². The van der Waals surface area contributed by atoms with Crippen molar-refractivity contribution in [2.45, 2.75) is 6.61 Å². The van der Waals surface area contributed by atoms with E-state index in [0.717, 1.165) is 28.3 Å². The van der Waals surface area contributed by atoms with Gasteiger partial charge >= 0.3 is 0 Å². The second-order valence-electron chi connectivity index (χ2n) is 6.45. The summed E-state index contributed by atoms with van der Waals surface area (Å²) in [6, 6.07) is 19.1. The number of carbonyl (C=O) groups excluding carboxylic acids is 1.